The highest BCUT2D eigenvalue weighted by atomic mass is 32.2. The molecule has 0 saturated carbocycles. The maximum Gasteiger partial charge on any atom is 0.129 e. The van der Waals surface area contributed by atoms with Gasteiger partial charge in [0.2, 0.25) is 0 Å². The number of aliphatic imine (C=N–C) groups is 1. The summed E-state index contributed by atoms with van der Waals surface area (Å²) >= 11 is 2.00. The molecule has 1 aliphatic rings. The molecular formula is C25H42N2S. The maximum absolute atomic E-state index is 4.67. The maximum atomic E-state index is 4.67. The quantitative estimate of drug-likeness (QED) is 0.227. The number of nitrogens with zero attached hydrogens (tertiary/aromatic N) is 1. The van der Waals surface area contributed by atoms with Gasteiger partial charge in [0.25, 0.3) is 0 Å². The Kier molecular flexibility index (Phi) is 13.2. The molecule has 0 atom stereocenters. The van der Waals surface area contributed by atoms with E-state index in [1.54, 1.807) is 0 Å². The average Bonchev–Trinajstić information content (AvgIpc) is 2.75. The minimum atomic E-state index is 0.959. The molecule has 0 radical (unpaired) electrons. The number of nitrogens with one attached hydrogen (secondary N) is 1. The van der Waals surface area contributed by atoms with Crippen molar-refractivity contribution in [3.63, 3.8) is 0 Å². The molecule has 0 saturated heterocycles. The highest BCUT2D eigenvalue weighted by molar-refractivity contribution is 7.99. The Labute approximate surface area is 178 Å². The van der Waals surface area contributed by atoms with Crippen LogP contribution in [-0.2, 0) is 0 Å². The number of benzene rings is 1. The Bertz CT molecular complexity index is 541. The Morgan fingerprint density at radius 2 is 1.43 bits per heavy atom. The summed E-state index contributed by atoms with van der Waals surface area (Å²) in [5.74, 6) is 2.32. The van der Waals surface area contributed by atoms with Gasteiger partial charge in [-0.3, -0.25) is 4.99 Å². The van der Waals surface area contributed by atoms with Gasteiger partial charge in [-0.15, -0.1) is 11.8 Å². The highest BCUT2D eigenvalue weighted by Crippen LogP contribution is 2.25. The zero-order valence-corrected chi connectivity index (χ0v) is 19.0. The molecule has 1 N–H and O–H groups in total. The fourth-order valence-corrected chi connectivity index (χ4v) is 4.87. The molecule has 0 bridgehead atoms. The van der Waals surface area contributed by atoms with Crippen molar-refractivity contribution < 1.29 is 0 Å². The molecule has 3 heteroatoms. The van der Waals surface area contributed by atoms with Crippen molar-refractivity contribution in [3.05, 3.63) is 29.8 Å². The van der Waals surface area contributed by atoms with Gasteiger partial charge in [-0.2, -0.15) is 0 Å². The molecule has 1 heterocycles. The van der Waals surface area contributed by atoms with Gasteiger partial charge in [0.05, 0.1) is 0 Å². The van der Waals surface area contributed by atoms with Crippen LogP contribution in [0.3, 0.4) is 0 Å². The van der Waals surface area contributed by atoms with Crippen LogP contribution in [0.1, 0.15) is 102 Å². The molecule has 1 aromatic carbocycles. The number of hydrogen-bond donors (Lipinski definition) is 1. The molecular weight excluding hydrogens is 360 g/mol. The lowest BCUT2D eigenvalue weighted by Crippen LogP contribution is -2.30. The minimum Gasteiger partial charge on any atom is -0.370 e. The monoisotopic (exact) mass is 402 g/mol. The molecule has 158 valence electrons. The van der Waals surface area contributed by atoms with Crippen molar-refractivity contribution in [3.8, 4) is 0 Å². The molecule has 0 amide bonds. The highest BCUT2D eigenvalue weighted by Gasteiger charge is 2.11. The lowest BCUT2D eigenvalue weighted by atomic mass is 10.1. The molecule has 2 rings (SSSR count). The summed E-state index contributed by atoms with van der Waals surface area (Å²) in [7, 11) is 0. The predicted octanol–water partition coefficient (Wildman–Crippen LogP) is 7.61. The summed E-state index contributed by atoms with van der Waals surface area (Å²) in [5.41, 5.74) is 1.29. The van der Waals surface area contributed by atoms with Gasteiger partial charge in [0, 0.05) is 23.5 Å². The van der Waals surface area contributed by atoms with Gasteiger partial charge in [-0.05, 0) is 24.7 Å². The van der Waals surface area contributed by atoms with Crippen LogP contribution in [-0.4, -0.2) is 24.7 Å². The smallest absolute Gasteiger partial charge is 0.129 e. The van der Waals surface area contributed by atoms with Gasteiger partial charge in [-0.1, -0.05) is 102 Å². The number of thioether (sulfide) groups is 1. The van der Waals surface area contributed by atoms with Crippen LogP contribution >= 0.6 is 11.8 Å². The van der Waals surface area contributed by atoms with Gasteiger partial charge in [0.15, 0.2) is 0 Å². The van der Waals surface area contributed by atoms with Crippen LogP contribution in [0.4, 0.5) is 0 Å². The molecule has 0 unspecified atom stereocenters. The normalized spacial score (nSPS) is 14.0. The second kappa shape index (κ2) is 15.9. The molecule has 28 heavy (non-hydrogen) atoms. The first kappa shape index (κ1) is 23.3. The summed E-state index contributed by atoms with van der Waals surface area (Å²) in [6.07, 6.45) is 19.7. The Hall–Kier alpha value is -0.960. The van der Waals surface area contributed by atoms with Crippen molar-refractivity contribution in [2.24, 2.45) is 4.99 Å². The predicted molar refractivity (Wildman–Crippen MR) is 127 cm³/mol. The topological polar surface area (TPSA) is 24.4 Å². The molecule has 1 aliphatic heterocycles. The van der Waals surface area contributed by atoms with Crippen molar-refractivity contribution >= 4 is 17.6 Å². The lowest BCUT2D eigenvalue weighted by Gasteiger charge is -2.17. The summed E-state index contributed by atoms with van der Waals surface area (Å²) in [5, 5.41) is 3.46. The van der Waals surface area contributed by atoms with Crippen molar-refractivity contribution in [2.45, 2.75) is 102 Å². The van der Waals surface area contributed by atoms with Crippen LogP contribution < -0.4 is 5.32 Å². The van der Waals surface area contributed by atoms with E-state index >= 15 is 0 Å². The van der Waals surface area contributed by atoms with Crippen LogP contribution in [0.15, 0.2) is 34.2 Å². The first-order valence-electron chi connectivity index (χ1n) is 11.9. The summed E-state index contributed by atoms with van der Waals surface area (Å²) in [6.45, 7) is 4.30. The van der Waals surface area contributed by atoms with E-state index in [0.717, 1.165) is 25.3 Å². The summed E-state index contributed by atoms with van der Waals surface area (Å²) < 4.78 is 0. The van der Waals surface area contributed by atoms with E-state index < -0.39 is 0 Å². The second-order valence-corrected chi connectivity index (χ2v) is 9.23. The standard InChI is InChI=1S/C25H42N2S/c1-2-3-4-5-6-7-8-9-10-11-12-13-16-22-28-24-19-15-14-18-23(24)25-26-20-17-21-27-25/h14-15,18-19H,2-13,16-17,20-22H2,1H3,(H,26,27). The zero-order chi connectivity index (χ0) is 19.7. The second-order valence-electron chi connectivity index (χ2n) is 8.10. The Balaban J connectivity index is 1.46. The number of hydrogen-bond acceptors (Lipinski definition) is 3. The molecule has 0 aliphatic carbocycles. The van der Waals surface area contributed by atoms with E-state index in [1.165, 1.54) is 99.7 Å². The van der Waals surface area contributed by atoms with E-state index in [2.05, 4.69) is 41.5 Å². The fraction of sp³-hybridized carbons (Fsp3) is 0.720. The van der Waals surface area contributed by atoms with Gasteiger partial charge in [-0.25, -0.2) is 0 Å². The van der Waals surface area contributed by atoms with Gasteiger partial charge < -0.3 is 5.32 Å². The molecule has 2 nitrogen and oxygen atoms in total. The van der Waals surface area contributed by atoms with Crippen LogP contribution in [0.25, 0.3) is 0 Å². The van der Waals surface area contributed by atoms with E-state index in [1.807, 2.05) is 11.8 Å². The number of amidine groups is 1. The Morgan fingerprint density at radius 3 is 2.04 bits per heavy atom. The molecule has 0 fully saturated rings. The molecule has 0 aromatic heterocycles. The SMILES string of the molecule is CCCCCCCCCCCCCCCSc1ccccc1C1=NCCCN1. The third kappa shape index (κ3) is 10.0. The van der Waals surface area contributed by atoms with Gasteiger partial charge in [0.1, 0.15) is 5.84 Å². The first-order chi connectivity index (χ1) is 13.9. The Morgan fingerprint density at radius 1 is 0.821 bits per heavy atom. The number of rotatable bonds is 16. The fourth-order valence-electron chi connectivity index (χ4n) is 3.80. The van der Waals surface area contributed by atoms with E-state index in [9.17, 15) is 0 Å². The van der Waals surface area contributed by atoms with Gasteiger partial charge >= 0.3 is 0 Å². The molecule has 1 aromatic rings. The van der Waals surface area contributed by atoms with Crippen molar-refractivity contribution in [1.29, 1.82) is 0 Å². The van der Waals surface area contributed by atoms with Crippen molar-refractivity contribution in [1.82, 2.24) is 5.32 Å². The first-order valence-corrected chi connectivity index (χ1v) is 12.9. The largest absolute Gasteiger partial charge is 0.370 e. The van der Waals surface area contributed by atoms with Crippen LogP contribution in [0, 0.1) is 0 Å². The third-order valence-electron chi connectivity index (χ3n) is 5.54. The zero-order valence-electron chi connectivity index (χ0n) is 18.2. The van der Waals surface area contributed by atoms with Crippen LogP contribution in [0.2, 0.25) is 0 Å². The van der Waals surface area contributed by atoms with E-state index in [4.69, 9.17) is 0 Å². The average molecular weight is 403 g/mol. The van der Waals surface area contributed by atoms with Crippen LogP contribution in [0.5, 0.6) is 0 Å². The lowest BCUT2D eigenvalue weighted by molar-refractivity contribution is 0.543. The summed E-state index contributed by atoms with van der Waals surface area (Å²) in [6, 6.07) is 8.74. The van der Waals surface area contributed by atoms with E-state index in [-0.39, 0.29) is 0 Å². The van der Waals surface area contributed by atoms with E-state index in [0.29, 0.717) is 0 Å². The summed E-state index contributed by atoms with van der Waals surface area (Å²) in [4.78, 5) is 6.05. The minimum absolute atomic E-state index is 0.959. The third-order valence-corrected chi connectivity index (χ3v) is 6.70. The molecule has 0 spiro atoms. The number of unbranched alkanes of at least 4 members (excludes halogenated alkanes) is 12. The van der Waals surface area contributed by atoms with Crippen molar-refractivity contribution in [2.75, 3.05) is 18.8 Å².